The lowest BCUT2D eigenvalue weighted by Gasteiger charge is -2.10. The molecule has 1 N–H and O–H groups in total. The van der Waals surface area contributed by atoms with Crippen LogP contribution in [0.5, 0.6) is 11.6 Å². The fourth-order valence-corrected chi connectivity index (χ4v) is 1.79. The molecule has 0 atom stereocenters. The predicted molar refractivity (Wildman–Crippen MR) is 80.0 cm³/mol. The van der Waals surface area contributed by atoms with Crippen LogP contribution in [0.3, 0.4) is 0 Å². The molecule has 1 heterocycles. The maximum Gasteiger partial charge on any atom is 0.422 e. The molecule has 0 radical (unpaired) electrons. The number of rotatable bonds is 6. The average Bonchev–Trinajstić information content (AvgIpc) is 2.58. The van der Waals surface area contributed by atoms with E-state index in [1.165, 1.54) is 25.4 Å². The van der Waals surface area contributed by atoms with E-state index in [-0.39, 0.29) is 18.2 Å². The fourth-order valence-electron chi connectivity index (χ4n) is 1.79. The van der Waals surface area contributed by atoms with Gasteiger partial charge in [0.15, 0.2) is 6.61 Å². The first-order chi connectivity index (χ1) is 11.4. The highest BCUT2D eigenvalue weighted by Crippen LogP contribution is 2.18. The van der Waals surface area contributed by atoms with Gasteiger partial charge >= 0.3 is 6.18 Å². The standard InChI is InChI=1S/C16H15F3N2O3/c1-23-14-7-4-12(9-20-14)15(22)21-8-11-2-5-13(6-3-11)24-10-16(17,18)19/h2-7,9H,8,10H2,1H3,(H,21,22). The molecule has 128 valence electrons. The van der Waals surface area contributed by atoms with Gasteiger partial charge in [0.25, 0.3) is 5.91 Å². The van der Waals surface area contributed by atoms with Gasteiger partial charge in [0.1, 0.15) is 5.75 Å². The third kappa shape index (κ3) is 5.45. The van der Waals surface area contributed by atoms with E-state index in [0.717, 1.165) is 5.56 Å². The number of pyridine rings is 1. The molecule has 2 rings (SSSR count). The monoisotopic (exact) mass is 340 g/mol. The number of nitrogens with one attached hydrogen (secondary N) is 1. The summed E-state index contributed by atoms with van der Waals surface area (Å²) in [4.78, 5) is 15.9. The number of hydrogen-bond donors (Lipinski definition) is 1. The first-order valence-electron chi connectivity index (χ1n) is 6.94. The number of alkyl halides is 3. The van der Waals surface area contributed by atoms with Crippen LogP contribution in [0.4, 0.5) is 13.2 Å². The van der Waals surface area contributed by atoms with Crippen molar-refractivity contribution in [2.24, 2.45) is 0 Å². The number of benzene rings is 1. The highest BCUT2D eigenvalue weighted by molar-refractivity contribution is 5.93. The van der Waals surface area contributed by atoms with E-state index in [1.54, 1.807) is 24.3 Å². The van der Waals surface area contributed by atoms with Crippen molar-refractivity contribution in [1.82, 2.24) is 10.3 Å². The van der Waals surface area contributed by atoms with Crippen LogP contribution in [-0.4, -0.2) is 30.8 Å². The second-order valence-electron chi connectivity index (χ2n) is 4.82. The van der Waals surface area contributed by atoms with E-state index in [4.69, 9.17) is 4.74 Å². The van der Waals surface area contributed by atoms with E-state index in [2.05, 4.69) is 15.0 Å². The van der Waals surface area contributed by atoms with E-state index in [0.29, 0.717) is 11.4 Å². The average molecular weight is 340 g/mol. The summed E-state index contributed by atoms with van der Waals surface area (Å²) in [5.41, 5.74) is 1.10. The third-order valence-electron chi connectivity index (χ3n) is 2.99. The maximum atomic E-state index is 12.1. The number of nitrogens with zero attached hydrogens (tertiary/aromatic N) is 1. The molecular formula is C16H15F3N2O3. The van der Waals surface area contributed by atoms with E-state index >= 15 is 0 Å². The maximum absolute atomic E-state index is 12.1. The summed E-state index contributed by atoms with van der Waals surface area (Å²) in [7, 11) is 1.48. The number of carbonyl (C=O) groups excluding carboxylic acids is 1. The molecule has 1 aromatic carbocycles. The van der Waals surface area contributed by atoms with Gasteiger partial charge in [0.2, 0.25) is 5.88 Å². The van der Waals surface area contributed by atoms with Gasteiger partial charge in [-0.25, -0.2) is 4.98 Å². The molecule has 5 nitrogen and oxygen atoms in total. The molecule has 1 aromatic heterocycles. The quantitative estimate of drug-likeness (QED) is 0.878. The molecule has 0 saturated carbocycles. The van der Waals surface area contributed by atoms with Crippen LogP contribution in [0.25, 0.3) is 0 Å². The van der Waals surface area contributed by atoms with E-state index < -0.39 is 12.8 Å². The summed E-state index contributed by atoms with van der Waals surface area (Å²) in [6, 6.07) is 9.15. The first kappa shape index (κ1) is 17.6. The molecule has 0 aliphatic carbocycles. The second-order valence-corrected chi connectivity index (χ2v) is 4.82. The number of aromatic nitrogens is 1. The van der Waals surface area contributed by atoms with Crippen LogP contribution < -0.4 is 14.8 Å². The molecule has 8 heteroatoms. The predicted octanol–water partition coefficient (Wildman–Crippen LogP) is 2.96. The van der Waals surface area contributed by atoms with Crippen molar-refractivity contribution in [2.75, 3.05) is 13.7 Å². The number of ether oxygens (including phenoxy) is 2. The summed E-state index contributed by atoms with van der Waals surface area (Å²) in [6.07, 6.45) is -2.98. The van der Waals surface area contributed by atoms with Crippen molar-refractivity contribution >= 4 is 5.91 Å². The lowest BCUT2D eigenvalue weighted by Crippen LogP contribution is -2.23. The minimum atomic E-state index is -4.38. The molecule has 24 heavy (non-hydrogen) atoms. The van der Waals surface area contributed by atoms with E-state index in [1.807, 2.05) is 0 Å². The van der Waals surface area contributed by atoms with Crippen LogP contribution in [0.1, 0.15) is 15.9 Å². The van der Waals surface area contributed by atoms with Crippen molar-refractivity contribution in [3.05, 3.63) is 53.7 Å². The molecule has 0 fully saturated rings. The molecule has 0 bridgehead atoms. The van der Waals surface area contributed by atoms with Crippen LogP contribution >= 0.6 is 0 Å². The lowest BCUT2D eigenvalue weighted by molar-refractivity contribution is -0.153. The zero-order chi connectivity index (χ0) is 17.6. The number of carbonyl (C=O) groups is 1. The SMILES string of the molecule is COc1ccc(C(=O)NCc2ccc(OCC(F)(F)F)cc2)cn1. The first-order valence-corrected chi connectivity index (χ1v) is 6.94. The van der Waals surface area contributed by atoms with Crippen molar-refractivity contribution in [3.8, 4) is 11.6 Å². The lowest BCUT2D eigenvalue weighted by atomic mass is 10.2. The van der Waals surface area contributed by atoms with Gasteiger partial charge in [-0.2, -0.15) is 13.2 Å². The Balaban J connectivity index is 1.86. The van der Waals surface area contributed by atoms with Crippen LogP contribution in [-0.2, 0) is 6.54 Å². The topological polar surface area (TPSA) is 60.5 Å². The largest absolute Gasteiger partial charge is 0.484 e. The Morgan fingerprint density at radius 1 is 1.17 bits per heavy atom. The Labute approximate surface area is 136 Å². The smallest absolute Gasteiger partial charge is 0.422 e. The Hall–Kier alpha value is -2.77. The fraction of sp³-hybridized carbons (Fsp3) is 0.250. The number of hydrogen-bond acceptors (Lipinski definition) is 4. The third-order valence-corrected chi connectivity index (χ3v) is 2.99. The summed E-state index contributed by atoms with van der Waals surface area (Å²) in [5.74, 6) is 0.199. The van der Waals surface area contributed by atoms with Crippen LogP contribution in [0.2, 0.25) is 0 Å². The summed E-state index contributed by atoms with van der Waals surface area (Å²) in [6.45, 7) is -1.11. The summed E-state index contributed by atoms with van der Waals surface area (Å²) < 4.78 is 45.7. The van der Waals surface area contributed by atoms with Gasteiger partial charge in [-0.1, -0.05) is 12.1 Å². The Morgan fingerprint density at radius 3 is 2.42 bits per heavy atom. The molecule has 0 saturated heterocycles. The molecule has 2 aromatic rings. The zero-order valence-electron chi connectivity index (χ0n) is 12.8. The molecule has 0 unspecified atom stereocenters. The Morgan fingerprint density at radius 2 is 1.88 bits per heavy atom. The molecule has 0 spiro atoms. The Kier molecular flexibility index (Phi) is 5.62. The normalized spacial score (nSPS) is 11.0. The minimum absolute atomic E-state index is 0.113. The number of halogens is 3. The number of amides is 1. The van der Waals surface area contributed by atoms with Gasteiger partial charge in [-0.05, 0) is 23.8 Å². The minimum Gasteiger partial charge on any atom is -0.484 e. The Bertz CT molecular complexity index is 670. The van der Waals surface area contributed by atoms with Crippen LogP contribution in [0.15, 0.2) is 42.6 Å². The number of methoxy groups -OCH3 is 1. The van der Waals surface area contributed by atoms with E-state index in [9.17, 15) is 18.0 Å². The molecule has 0 aliphatic rings. The van der Waals surface area contributed by atoms with Crippen molar-refractivity contribution in [1.29, 1.82) is 0 Å². The van der Waals surface area contributed by atoms with Gasteiger partial charge < -0.3 is 14.8 Å². The van der Waals surface area contributed by atoms with Crippen molar-refractivity contribution in [3.63, 3.8) is 0 Å². The molecule has 1 amide bonds. The van der Waals surface area contributed by atoms with Crippen LogP contribution in [0, 0.1) is 0 Å². The van der Waals surface area contributed by atoms with Gasteiger partial charge in [-0.3, -0.25) is 4.79 Å². The van der Waals surface area contributed by atoms with Crippen molar-refractivity contribution in [2.45, 2.75) is 12.7 Å². The van der Waals surface area contributed by atoms with Gasteiger partial charge in [0.05, 0.1) is 12.7 Å². The molecular weight excluding hydrogens is 325 g/mol. The summed E-state index contributed by atoms with van der Waals surface area (Å²) >= 11 is 0. The zero-order valence-corrected chi connectivity index (χ0v) is 12.8. The summed E-state index contributed by atoms with van der Waals surface area (Å²) in [5, 5.41) is 2.69. The highest BCUT2D eigenvalue weighted by atomic mass is 19.4. The van der Waals surface area contributed by atoms with Gasteiger partial charge in [-0.15, -0.1) is 0 Å². The van der Waals surface area contributed by atoms with Gasteiger partial charge in [0, 0.05) is 18.8 Å². The second kappa shape index (κ2) is 7.67. The highest BCUT2D eigenvalue weighted by Gasteiger charge is 2.28. The molecule has 0 aliphatic heterocycles. The van der Waals surface area contributed by atoms with Crippen molar-refractivity contribution < 1.29 is 27.4 Å².